The summed E-state index contributed by atoms with van der Waals surface area (Å²) in [7, 11) is 3.08. The van der Waals surface area contributed by atoms with Crippen molar-refractivity contribution in [1.82, 2.24) is 5.32 Å². The monoisotopic (exact) mass is 325 g/mol. The zero-order valence-electron chi connectivity index (χ0n) is 12.9. The second-order valence-electron chi connectivity index (χ2n) is 5.04. The number of benzene rings is 1. The van der Waals surface area contributed by atoms with Crippen LogP contribution in [0.25, 0.3) is 0 Å². The predicted molar refractivity (Wildman–Crippen MR) is 80.9 cm³/mol. The minimum atomic E-state index is -0.499. The van der Waals surface area contributed by atoms with Crippen LogP contribution in [-0.2, 0) is 14.2 Å². The second kappa shape index (κ2) is 7.86. The van der Waals surface area contributed by atoms with Gasteiger partial charge in [0.1, 0.15) is 0 Å². The maximum Gasteiger partial charge on any atom is 0.319 e. The van der Waals surface area contributed by atoms with Crippen molar-refractivity contribution >= 4 is 17.4 Å². The minimum absolute atomic E-state index is 0.0208. The molecule has 1 aromatic rings. The third-order valence-corrected chi connectivity index (χ3v) is 3.52. The van der Waals surface area contributed by atoms with E-state index in [4.69, 9.17) is 14.2 Å². The molecule has 0 aromatic heterocycles. The quantitative estimate of drug-likeness (QED) is 0.608. The molecule has 1 aliphatic heterocycles. The van der Waals surface area contributed by atoms with E-state index in [0.29, 0.717) is 18.7 Å². The van der Waals surface area contributed by atoms with E-state index in [-0.39, 0.29) is 17.9 Å². The van der Waals surface area contributed by atoms with Gasteiger partial charge in [-0.05, 0) is 12.1 Å². The number of non-ortho nitro benzene ring substituents is 1. The van der Waals surface area contributed by atoms with Crippen molar-refractivity contribution in [3.05, 3.63) is 34.4 Å². The lowest BCUT2D eigenvalue weighted by molar-refractivity contribution is -0.384. The van der Waals surface area contributed by atoms with E-state index in [1.54, 1.807) is 7.11 Å². The summed E-state index contributed by atoms with van der Waals surface area (Å²) in [5.74, 6) is -0.0208. The van der Waals surface area contributed by atoms with Crippen molar-refractivity contribution in [2.24, 2.45) is 5.92 Å². The van der Waals surface area contributed by atoms with E-state index in [9.17, 15) is 14.9 Å². The summed E-state index contributed by atoms with van der Waals surface area (Å²) in [6.45, 7) is 0.358. The number of urea groups is 1. The Morgan fingerprint density at radius 1 is 1.35 bits per heavy atom. The number of carbonyl (C=O) groups is 1. The molecule has 0 saturated carbocycles. The summed E-state index contributed by atoms with van der Waals surface area (Å²) in [5, 5.41) is 15.9. The highest BCUT2D eigenvalue weighted by Gasteiger charge is 2.35. The van der Waals surface area contributed by atoms with Crippen molar-refractivity contribution in [1.29, 1.82) is 0 Å². The SMILES string of the molecule is COC1CC(CNC(=O)Nc2ccc([N+](=O)[O-])cc2)C(OC)O1. The summed E-state index contributed by atoms with van der Waals surface area (Å²) in [6.07, 6.45) is -0.156. The first-order valence-electron chi connectivity index (χ1n) is 7.04. The first kappa shape index (κ1) is 17.1. The van der Waals surface area contributed by atoms with Gasteiger partial charge in [0.15, 0.2) is 12.6 Å². The smallest absolute Gasteiger partial charge is 0.319 e. The van der Waals surface area contributed by atoms with Crippen molar-refractivity contribution in [3.8, 4) is 0 Å². The Morgan fingerprint density at radius 2 is 2.04 bits per heavy atom. The van der Waals surface area contributed by atoms with Crippen molar-refractivity contribution < 1.29 is 23.9 Å². The van der Waals surface area contributed by atoms with Gasteiger partial charge in [-0.15, -0.1) is 0 Å². The molecule has 0 spiro atoms. The number of rotatable bonds is 6. The molecule has 126 valence electrons. The summed E-state index contributed by atoms with van der Waals surface area (Å²) in [5.41, 5.74) is 0.432. The van der Waals surface area contributed by atoms with Crippen LogP contribution in [0.15, 0.2) is 24.3 Å². The Kier molecular flexibility index (Phi) is 5.85. The van der Waals surface area contributed by atoms with E-state index >= 15 is 0 Å². The maximum atomic E-state index is 11.9. The number of methoxy groups -OCH3 is 2. The minimum Gasteiger partial charge on any atom is -0.356 e. The lowest BCUT2D eigenvalue weighted by atomic mass is 10.1. The molecule has 1 aromatic carbocycles. The van der Waals surface area contributed by atoms with Gasteiger partial charge in [-0.25, -0.2) is 4.79 Å². The van der Waals surface area contributed by atoms with Gasteiger partial charge in [-0.1, -0.05) is 0 Å². The molecule has 0 aliphatic carbocycles. The number of amides is 2. The molecule has 0 radical (unpaired) electrons. The zero-order valence-corrected chi connectivity index (χ0v) is 12.9. The number of nitro benzene ring substituents is 1. The van der Waals surface area contributed by atoms with Crippen LogP contribution in [0, 0.1) is 16.0 Å². The predicted octanol–water partition coefficient (Wildman–Crippen LogP) is 1.70. The number of hydrogen-bond donors (Lipinski definition) is 2. The lowest BCUT2D eigenvalue weighted by Crippen LogP contribution is -2.36. The number of hydrogen-bond acceptors (Lipinski definition) is 6. The Balaban J connectivity index is 1.81. The van der Waals surface area contributed by atoms with Gasteiger partial charge in [0, 0.05) is 50.9 Å². The molecular weight excluding hydrogens is 306 g/mol. The highest BCUT2D eigenvalue weighted by molar-refractivity contribution is 5.89. The van der Waals surface area contributed by atoms with E-state index in [0.717, 1.165) is 0 Å². The molecule has 9 nitrogen and oxygen atoms in total. The fraction of sp³-hybridized carbons (Fsp3) is 0.500. The molecule has 3 unspecified atom stereocenters. The van der Waals surface area contributed by atoms with Crippen LogP contribution in [0.4, 0.5) is 16.2 Å². The highest BCUT2D eigenvalue weighted by atomic mass is 16.8. The summed E-state index contributed by atoms with van der Waals surface area (Å²) in [4.78, 5) is 21.9. The van der Waals surface area contributed by atoms with Gasteiger partial charge in [0.05, 0.1) is 4.92 Å². The van der Waals surface area contributed by atoms with Crippen LogP contribution in [0.1, 0.15) is 6.42 Å². The van der Waals surface area contributed by atoms with E-state index < -0.39 is 17.2 Å². The van der Waals surface area contributed by atoms with E-state index in [2.05, 4.69) is 10.6 Å². The number of nitrogens with zero attached hydrogens (tertiary/aromatic N) is 1. The van der Waals surface area contributed by atoms with E-state index in [1.165, 1.54) is 31.4 Å². The van der Waals surface area contributed by atoms with Crippen LogP contribution < -0.4 is 10.6 Å². The van der Waals surface area contributed by atoms with Gasteiger partial charge in [0.25, 0.3) is 5.69 Å². The van der Waals surface area contributed by atoms with Gasteiger partial charge in [-0.3, -0.25) is 10.1 Å². The number of anilines is 1. The van der Waals surface area contributed by atoms with Gasteiger partial charge >= 0.3 is 6.03 Å². The molecule has 1 aliphatic rings. The van der Waals surface area contributed by atoms with Crippen LogP contribution in [-0.4, -0.2) is 44.3 Å². The first-order chi connectivity index (χ1) is 11.0. The summed E-state index contributed by atoms with van der Waals surface area (Å²) in [6, 6.07) is 5.18. The molecule has 23 heavy (non-hydrogen) atoms. The molecular formula is C14H19N3O6. The molecule has 0 bridgehead atoms. The van der Waals surface area contributed by atoms with Crippen LogP contribution in [0.5, 0.6) is 0 Å². The topological polar surface area (TPSA) is 112 Å². The molecule has 9 heteroatoms. The first-order valence-corrected chi connectivity index (χ1v) is 7.04. The molecule has 1 heterocycles. The number of nitrogens with one attached hydrogen (secondary N) is 2. The summed E-state index contributed by atoms with van der Waals surface area (Å²) < 4.78 is 15.8. The zero-order chi connectivity index (χ0) is 16.8. The third-order valence-electron chi connectivity index (χ3n) is 3.52. The normalized spacial score (nSPS) is 23.5. The standard InChI is InChI=1S/C14H19N3O6/c1-21-12-7-9(13(22-2)23-12)8-15-14(18)16-10-3-5-11(6-4-10)17(19)20/h3-6,9,12-13H,7-8H2,1-2H3,(H2,15,16,18). The molecule has 2 rings (SSSR count). The van der Waals surface area contributed by atoms with Crippen LogP contribution in [0.2, 0.25) is 0 Å². The highest BCUT2D eigenvalue weighted by Crippen LogP contribution is 2.26. The second-order valence-corrected chi connectivity index (χ2v) is 5.04. The third kappa shape index (κ3) is 4.62. The number of ether oxygens (including phenoxy) is 3. The van der Waals surface area contributed by atoms with Crippen molar-refractivity contribution in [3.63, 3.8) is 0 Å². The number of carbonyl (C=O) groups excluding carboxylic acids is 1. The van der Waals surface area contributed by atoms with Gasteiger partial charge in [0.2, 0.25) is 0 Å². The molecule has 1 fully saturated rings. The molecule has 3 atom stereocenters. The van der Waals surface area contributed by atoms with Crippen molar-refractivity contribution in [2.75, 3.05) is 26.1 Å². The molecule has 2 N–H and O–H groups in total. The van der Waals surface area contributed by atoms with Gasteiger partial charge < -0.3 is 24.8 Å². The Bertz CT molecular complexity index is 550. The molecule has 1 saturated heterocycles. The number of nitro groups is 1. The maximum absolute atomic E-state index is 11.9. The van der Waals surface area contributed by atoms with Crippen molar-refractivity contribution in [2.45, 2.75) is 19.0 Å². The average Bonchev–Trinajstić information content (AvgIpc) is 2.96. The average molecular weight is 325 g/mol. The fourth-order valence-corrected chi connectivity index (χ4v) is 2.32. The van der Waals surface area contributed by atoms with E-state index in [1.807, 2.05) is 0 Å². The largest absolute Gasteiger partial charge is 0.356 e. The van der Waals surface area contributed by atoms with Crippen LogP contribution >= 0.6 is 0 Å². The Labute approximate surface area is 133 Å². The van der Waals surface area contributed by atoms with Crippen LogP contribution in [0.3, 0.4) is 0 Å². The Hall–Kier alpha value is -2.23. The lowest BCUT2D eigenvalue weighted by Gasteiger charge is -2.17. The van der Waals surface area contributed by atoms with Gasteiger partial charge in [-0.2, -0.15) is 0 Å². The molecule has 2 amide bonds. The Morgan fingerprint density at radius 3 is 2.61 bits per heavy atom. The summed E-state index contributed by atoms with van der Waals surface area (Å²) >= 11 is 0. The fourth-order valence-electron chi connectivity index (χ4n) is 2.32.